The molecule has 0 fully saturated rings. The lowest BCUT2D eigenvalue weighted by Crippen LogP contribution is -2.10. The molecule has 4 nitrogen and oxygen atoms in total. The van der Waals surface area contributed by atoms with E-state index in [1.807, 2.05) is 19.2 Å². The lowest BCUT2D eigenvalue weighted by Gasteiger charge is -1.99. The highest BCUT2D eigenvalue weighted by Crippen LogP contribution is 2.23. The van der Waals surface area contributed by atoms with E-state index >= 15 is 0 Å². The van der Waals surface area contributed by atoms with Crippen LogP contribution in [0.4, 0.5) is 0 Å². The Bertz CT molecular complexity index is 528. The van der Waals surface area contributed by atoms with Crippen LogP contribution in [0.25, 0.3) is 0 Å². The molecule has 1 heterocycles. The first-order valence-corrected chi connectivity index (χ1v) is 6.34. The number of hydrogen-bond donors (Lipinski definition) is 1. The van der Waals surface area contributed by atoms with Crippen molar-refractivity contribution in [2.75, 3.05) is 13.6 Å². The standard InChI is InChI=1S/C12H13Cl2N3O/c1-15-5-4-12-16-11(17-18-12)7-8-2-3-9(13)10(14)6-8/h2-3,6,15H,4-5,7H2,1H3. The van der Waals surface area contributed by atoms with Crippen molar-refractivity contribution in [2.45, 2.75) is 12.8 Å². The van der Waals surface area contributed by atoms with E-state index in [1.54, 1.807) is 6.07 Å². The molecule has 1 aromatic carbocycles. The maximum Gasteiger partial charge on any atom is 0.227 e. The Labute approximate surface area is 115 Å². The van der Waals surface area contributed by atoms with Crippen molar-refractivity contribution in [3.8, 4) is 0 Å². The van der Waals surface area contributed by atoms with Gasteiger partial charge in [-0.1, -0.05) is 34.4 Å². The monoisotopic (exact) mass is 285 g/mol. The Kier molecular flexibility index (Phi) is 4.58. The molecule has 2 aromatic rings. The predicted molar refractivity (Wildman–Crippen MR) is 71.2 cm³/mol. The first-order chi connectivity index (χ1) is 8.69. The lowest BCUT2D eigenvalue weighted by molar-refractivity contribution is 0.372. The van der Waals surface area contributed by atoms with Crippen molar-refractivity contribution in [1.82, 2.24) is 15.5 Å². The summed E-state index contributed by atoms with van der Waals surface area (Å²) in [4.78, 5) is 4.30. The zero-order valence-electron chi connectivity index (χ0n) is 9.91. The highest BCUT2D eigenvalue weighted by Gasteiger charge is 2.07. The van der Waals surface area contributed by atoms with Crippen LogP contribution in [0.15, 0.2) is 22.7 Å². The number of aromatic nitrogens is 2. The van der Waals surface area contributed by atoms with Gasteiger partial charge in [-0.25, -0.2) is 0 Å². The predicted octanol–water partition coefficient (Wildman–Crippen LogP) is 2.73. The van der Waals surface area contributed by atoms with Gasteiger partial charge in [0.15, 0.2) is 5.82 Å². The average molecular weight is 286 g/mol. The summed E-state index contributed by atoms with van der Waals surface area (Å²) < 4.78 is 5.13. The van der Waals surface area contributed by atoms with Gasteiger partial charge in [-0.15, -0.1) is 0 Å². The van der Waals surface area contributed by atoms with Crippen LogP contribution in [0, 0.1) is 0 Å². The largest absolute Gasteiger partial charge is 0.339 e. The quantitative estimate of drug-likeness (QED) is 0.918. The lowest BCUT2D eigenvalue weighted by atomic mass is 10.1. The van der Waals surface area contributed by atoms with Gasteiger partial charge in [0, 0.05) is 19.4 Å². The van der Waals surface area contributed by atoms with Gasteiger partial charge in [-0.05, 0) is 24.7 Å². The van der Waals surface area contributed by atoms with Gasteiger partial charge in [-0.3, -0.25) is 0 Å². The summed E-state index contributed by atoms with van der Waals surface area (Å²) in [6.07, 6.45) is 1.31. The minimum atomic E-state index is 0.535. The average Bonchev–Trinajstić information content (AvgIpc) is 2.79. The van der Waals surface area contributed by atoms with Gasteiger partial charge < -0.3 is 9.84 Å². The van der Waals surface area contributed by atoms with Gasteiger partial charge in [0.05, 0.1) is 10.0 Å². The summed E-state index contributed by atoms with van der Waals surface area (Å²) in [5.41, 5.74) is 1.00. The number of nitrogens with zero attached hydrogens (tertiary/aromatic N) is 2. The Morgan fingerprint density at radius 2 is 2.11 bits per heavy atom. The number of hydrogen-bond acceptors (Lipinski definition) is 4. The van der Waals surface area contributed by atoms with E-state index < -0.39 is 0 Å². The van der Waals surface area contributed by atoms with Gasteiger partial charge >= 0.3 is 0 Å². The Morgan fingerprint density at radius 3 is 2.83 bits per heavy atom. The third kappa shape index (κ3) is 3.45. The molecule has 0 aliphatic carbocycles. The molecule has 6 heteroatoms. The topological polar surface area (TPSA) is 51.0 Å². The van der Waals surface area contributed by atoms with Crippen molar-refractivity contribution in [2.24, 2.45) is 0 Å². The molecule has 1 N–H and O–H groups in total. The van der Waals surface area contributed by atoms with Crippen molar-refractivity contribution in [3.63, 3.8) is 0 Å². The van der Waals surface area contributed by atoms with Crippen molar-refractivity contribution >= 4 is 23.2 Å². The fourth-order valence-electron chi connectivity index (χ4n) is 1.53. The second-order valence-corrected chi connectivity index (χ2v) is 4.70. The van der Waals surface area contributed by atoms with Crippen LogP contribution in [0.5, 0.6) is 0 Å². The first kappa shape index (κ1) is 13.3. The fourth-order valence-corrected chi connectivity index (χ4v) is 1.85. The van der Waals surface area contributed by atoms with E-state index in [2.05, 4.69) is 15.5 Å². The Hall–Kier alpha value is -1.10. The Balaban J connectivity index is 2.04. The van der Waals surface area contributed by atoms with E-state index in [1.165, 1.54) is 0 Å². The van der Waals surface area contributed by atoms with E-state index in [9.17, 15) is 0 Å². The molecule has 96 valence electrons. The zero-order chi connectivity index (χ0) is 13.0. The summed E-state index contributed by atoms with van der Waals surface area (Å²) in [6, 6.07) is 5.48. The minimum Gasteiger partial charge on any atom is -0.339 e. The molecular formula is C12H13Cl2N3O. The van der Waals surface area contributed by atoms with Gasteiger partial charge in [0.1, 0.15) is 0 Å². The van der Waals surface area contributed by atoms with Crippen LogP contribution in [0.2, 0.25) is 10.0 Å². The Morgan fingerprint density at radius 1 is 1.28 bits per heavy atom. The molecule has 0 saturated carbocycles. The molecule has 0 bridgehead atoms. The molecule has 0 saturated heterocycles. The smallest absolute Gasteiger partial charge is 0.227 e. The second-order valence-electron chi connectivity index (χ2n) is 3.88. The summed E-state index contributed by atoms with van der Waals surface area (Å²) in [7, 11) is 1.88. The van der Waals surface area contributed by atoms with Crippen LogP contribution >= 0.6 is 23.2 Å². The van der Waals surface area contributed by atoms with Crippen LogP contribution in [0.1, 0.15) is 17.3 Å². The molecule has 0 aliphatic rings. The minimum absolute atomic E-state index is 0.535. The summed E-state index contributed by atoms with van der Waals surface area (Å²) in [5, 5.41) is 8.04. The molecule has 0 unspecified atom stereocenters. The van der Waals surface area contributed by atoms with Crippen molar-refractivity contribution < 1.29 is 4.52 Å². The molecule has 0 atom stereocenters. The molecular weight excluding hydrogens is 273 g/mol. The van der Waals surface area contributed by atoms with Crippen LogP contribution in [-0.4, -0.2) is 23.7 Å². The van der Waals surface area contributed by atoms with E-state index in [4.69, 9.17) is 27.7 Å². The van der Waals surface area contributed by atoms with E-state index in [0.717, 1.165) is 18.5 Å². The molecule has 0 spiro atoms. The van der Waals surface area contributed by atoms with Gasteiger partial charge in [0.2, 0.25) is 5.89 Å². The number of nitrogens with one attached hydrogen (secondary N) is 1. The SMILES string of the molecule is CNCCc1nc(Cc2ccc(Cl)c(Cl)c2)no1. The molecule has 2 rings (SSSR count). The summed E-state index contributed by atoms with van der Waals surface area (Å²) in [5.74, 6) is 1.29. The normalized spacial score (nSPS) is 10.8. The number of benzene rings is 1. The second kappa shape index (κ2) is 6.18. The fraction of sp³-hybridized carbons (Fsp3) is 0.333. The van der Waals surface area contributed by atoms with Crippen LogP contribution < -0.4 is 5.32 Å². The van der Waals surface area contributed by atoms with Crippen molar-refractivity contribution in [3.05, 3.63) is 45.5 Å². The maximum atomic E-state index is 5.95. The van der Waals surface area contributed by atoms with E-state index in [0.29, 0.717) is 28.2 Å². The summed E-state index contributed by atoms with van der Waals surface area (Å²) in [6.45, 7) is 0.814. The zero-order valence-corrected chi connectivity index (χ0v) is 11.4. The number of likely N-dealkylation sites (N-methyl/N-ethyl adjacent to an activating group) is 1. The first-order valence-electron chi connectivity index (χ1n) is 5.59. The van der Waals surface area contributed by atoms with Gasteiger partial charge in [-0.2, -0.15) is 4.98 Å². The highest BCUT2D eigenvalue weighted by molar-refractivity contribution is 6.42. The number of halogens is 2. The molecule has 0 amide bonds. The van der Waals surface area contributed by atoms with Crippen LogP contribution in [0.3, 0.4) is 0 Å². The molecule has 0 radical (unpaired) electrons. The van der Waals surface area contributed by atoms with Crippen molar-refractivity contribution in [1.29, 1.82) is 0 Å². The van der Waals surface area contributed by atoms with Gasteiger partial charge in [0.25, 0.3) is 0 Å². The molecule has 0 aliphatic heterocycles. The number of rotatable bonds is 5. The van der Waals surface area contributed by atoms with Crippen LogP contribution in [-0.2, 0) is 12.8 Å². The maximum absolute atomic E-state index is 5.95. The highest BCUT2D eigenvalue weighted by atomic mass is 35.5. The summed E-state index contributed by atoms with van der Waals surface area (Å²) >= 11 is 11.8. The third-order valence-corrected chi connectivity index (χ3v) is 3.18. The molecule has 1 aromatic heterocycles. The third-order valence-electron chi connectivity index (χ3n) is 2.45. The molecule has 18 heavy (non-hydrogen) atoms. The van der Waals surface area contributed by atoms with E-state index in [-0.39, 0.29) is 0 Å².